The number of carbonyl (C=O) groups excluding carboxylic acids is 2. The molecule has 9 heteroatoms. The van der Waals surface area contributed by atoms with Crippen molar-refractivity contribution >= 4 is 46.4 Å². The molecular weight excluding hydrogens is 400 g/mol. The molecule has 0 aliphatic rings. The summed E-state index contributed by atoms with van der Waals surface area (Å²) in [5, 5.41) is 6.77. The molecule has 0 saturated heterocycles. The van der Waals surface area contributed by atoms with Crippen molar-refractivity contribution in [3.8, 4) is 10.4 Å². The minimum absolute atomic E-state index is 0.200. The number of aromatic nitrogens is 1. The van der Waals surface area contributed by atoms with E-state index in [9.17, 15) is 9.59 Å². The van der Waals surface area contributed by atoms with E-state index in [1.807, 2.05) is 12.1 Å². The Labute approximate surface area is 170 Å². The van der Waals surface area contributed by atoms with Crippen LogP contribution in [0, 0.1) is 0 Å². The third kappa shape index (κ3) is 5.45. The van der Waals surface area contributed by atoms with Crippen molar-refractivity contribution < 1.29 is 14.3 Å². The van der Waals surface area contributed by atoms with Gasteiger partial charge in [-0.05, 0) is 29.8 Å². The Bertz CT molecular complexity index is 975. The first-order valence-electron chi connectivity index (χ1n) is 8.31. The lowest BCUT2D eigenvalue weighted by molar-refractivity contribution is 0.158. The van der Waals surface area contributed by atoms with Gasteiger partial charge in [0, 0.05) is 18.3 Å². The van der Waals surface area contributed by atoms with Gasteiger partial charge in [-0.3, -0.25) is 0 Å². The van der Waals surface area contributed by atoms with Crippen LogP contribution in [0.2, 0.25) is 5.02 Å². The average Bonchev–Trinajstić information content (AvgIpc) is 3.13. The first kappa shape index (κ1) is 19.7. The van der Waals surface area contributed by atoms with Crippen LogP contribution < -0.4 is 16.4 Å². The van der Waals surface area contributed by atoms with E-state index in [4.69, 9.17) is 22.1 Å². The molecule has 0 fully saturated rings. The molecule has 0 bridgehead atoms. The highest BCUT2D eigenvalue weighted by molar-refractivity contribution is 7.15. The number of urea groups is 1. The molecule has 1 heterocycles. The maximum absolute atomic E-state index is 12.1. The highest BCUT2D eigenvalue weighted by Crippen LogP contribution is 2.27. The Kier molecular flexibility index (Phi) is 6.46. The van der Waals surface area contributed by atoms with Crippen molar-refractivity contribution in [2.24, 2.45) is 5.73 Å². The van der Waals surface area contributed by atoms with Gasteiger partial charge >= 0.3 is 12.1 Å². The fraction of sp³-hybridized carbons (Fsp3) is 0.105. The molecule has 0 atom stereocenters. The van der Waals surface area contributed by atoms with Gasteiger partial charge in [0.2, 0.25) is 0 Å². The fourth-order valence-electron chi connectivity index (χ4n) is 2.36. The molecule has 0 aliphatic carbocycles. The number of para-hydroxylation sites is 1. The lowest BCUT2D eigenvalue weighted by atomic mass is 10.2. The molecule has 3 amide bonds. The van der Waals surface area contributed by atoms with Gasteiger partial charge in [0.1, 0.15) is 0 Å². The summed E-state index contributed by atoms with van der Waals surface area (Å²) in [4.78, 5) is 28.0. The van der Waals surface area contributed by atoms with Crippen LogP contribution in [-0.4, -0.2) is 23.7 Å². The number of primary amides is 1. The van der Waals surface area contributed by atoms with Crippen LogP contribution in [0.1, 0.15) is 5.01 Å². The zero-order valence-electron chi connectivity index (χ0n) is 14.6. The number of rotatable bonds is 6. The first-order chi connectivity index (χ1) is 13.5. The fourth-order valence-corrected chi connectivity index (χ4v) is 3.45. The second kappa shape index (κ2) is 9.20. The summed E-state index contributed by atoms with van der Waals surface area (Å²) < 4.78 is 4.71. The second-order valence-electron chi connectivity index (χ2n) is 5.67. The van der Waals surface area contributed by atoms with Crippen molar-refractivity contribution in [2.75, 3.05) is 17.2 Å². The van der Waals surface area contributed by atoms with Gasteiger partial charge in [0.25, 0.3) is 0 Å². The van der Waals surface area contributed by atoms with Gasteiger partial charge in [-0.1, -0.05) is 35.9 Å². The number of ether oxygens (including phenoxy) is 1. The predicted molar refractivity (Wildman–Crippen MR) is 111 cm³/mol. The van der Waals surface area contributed by atoms with E-state index in [0.29, 0.717) is 22.8 Å². The van der Waals surface area contributed by atoms with Gasteiger partial charge in [-0.2, -0.15) is 0 Å². The number of thiazole rings is 1. The van der Waals surface area contributed by atoms with Crippen LogP contribution in [0.25, 0.3) is 10.4 Å². The van der Waals surface area contributed by atoms with Crippen molar-refractivity contribution in [1.82, 2.24) is 4.98 Å². The quantitative estimate of drug-likeness (QED) is 0.539. The molecular formula is C19H17ClN4O3S. The van der Waals surface area contributed by atoms with E-state index >= 15 is 0 Å². The van der Waals surface area contributed by atoms with Crippen LogP contribution in [0.4, 0.5) is 21.0 Å². The van der Waals surface area contributed by atoms with E-state index in [2.05, 4.69) is 15.6 Å². The maximum atomic E-state index is 12.1. The minimum atomic E-state index is -0.793. The molecule has 1 aromatic heterocycles. The van der Waals surface area contributed by atoms with Gasteiger partial charge in [-0.25, -0.2) is 14.6 Å². The van der Waals surface area contributed by atoms with E-state index in [-0.39, 0.29) is 12.6 Å². The van der Waals surface area contributed by atoms with Gasteiger partial charge < -0.3 is 21.1 Å². The van der Waals surface area contributed by atoms with Crippen molar-refractivity contribution in [2.45, 2.75) is 6.42 Å². The van der Waals surface area contributed by atoms with Crippen LogP contribution in [0.5, 0.6) is 0 Å². The van der Waals surface area contributed by atoms with Crippen LogP contribution in [-0.2, 0) is 11.2 Å². The molecule has 3 rings (SSSR count). The van der Waals surface area contributed by atoms with Gasteiger partial charge in [0.15, 0.2) is 0 Å². The highest BCUT2D eigenvalue weighted by Gasteiger charge is 2.08. The van der Waals surface area contributed by atoms with E-state index in [1.54, 1.807) is 42.6 Å². The number of hydrogen-bond donors (Lipinski definition) is 3. The maximum Gasteiger partial charge on any atom is 0.404 e. The summed E-state index contributed by atoms with van der Waals surface area (Å²) in [6, 6.07) is 14.0. The standard InChI is InChI=1S/C19H17ClN4O3S/c20-14-3-1-2-4-15(14)24-19(26)23-13-7-5-12(6-8-13)16-11-22-17(28-16)9-10-27-18(21)25/h1-8,11H,9-10H2,(H2,21,25)(H2,23,24,26). The van der Waals surface area contributed by atoms with Crippen LogP contribution in [0.3, 0.4) is 0 Å². The third-order valence-electron chi connectivity index (χ3n) is 3.66. The largest absolute Gasteiger partial charge is 0.449 e. The highest BCUT2D eigenvalue weighted by atomic mass is 35.5. The normalized spacial score (nSPS) is 10.3. The molecule has 28 heavy (non-hydrogen) atoms. The number of nitrogens with zero attached hydrogens (tertiary/aromatic N) is 1. The Balaban J connectivity index is 1.57. The minimum Gasteiger partial charge on any atom is -0.449 e. The van der Waals surface area contributed by atoms with E-state index in [0.717, 1.165) is 15.4 Å². The molecule has 0 aliphatic heterocycles. The average molecular weight is 417 g/mol. The Morgan fingerprint density at radius 2 is 1.86 bits per heavy atom. The van der Waals surface area contributed by atoms with Gasteiger partial charge in [0.05, 0.1) is 27.2 Å². The third-order valence-corrected chi connectivity index (χ3v) is 5.10. The molecule has 7 nitrogen and oxygen atoms in total. The van der Waals surface area contributed by atoms with Gasteiger partial charge in [-0.15, -0.1) is 11.3 Å². The molecule has 0 spiro atoms. The second-order valence-corrected chi connectivity index (χ2v) is 7.19. The number of hydrogen-bond acceptors (Lipinski definition) is 5. The molecule has 144 valence electrons. The Hall–Kier alpha value is -3.10. The first-order valence-corrected chi connectivity index (χ1v) is 9.50. The zero-order chi connectivity index (χ0) is 19.9. The molecule has 0 saturated carbocycles. The Morgan fingerprint density at radius 3 is 2.57 bits per heavy atom. The summed E-state index contributed by atoms with van der Waals surface area (Å²) in [5.74, 6) is 0. The molecule has 0 radical (unpaired) electrons. The van der Waals surface area contributed by atoms with Crippen molar-refractivity contribution in [3.05, 3.63) is 64.8 Å². The SMILES string of the molecule is NC(=O)OCCc1ncc(-c2ccc(NC(=O)Nc3ccccc3Cl)cc2)s1. The number of halogens is 1. The molecule has 2 aromatic carbocycles. The molecule has 3 aromatic rings. The van der Waals surface area contributed by atoms with Crippen molar-refractivity contribution in [3.63, 3.8) is 0 Å². The van der Waals surface area contributed by atoms with E-state index in [1.165, 1.54) is 11.3 Å². The van der Waals surface area contributed by atoms with Crippen molar-refractivity contribution in [1.29, 1.82) is 0 Å². The van der Waals surface area contributed by atoms with Crippen LogP contribution >= 0.6 is 22.9 Å². The topological polar surface area (TPSA) is 106 Å². The number of nitrogens with two attached hydrogens (primary N) is 1. The number of nitrogens with one attached hydrogen (secondary N) is 2. The van der Waals surface area contributed by atoms with E-state index < -0.39 is 6.09 Å². The summed E-state index contributed by atoms with van der Waals surface area (Å²) >= 11 is 7.53. The number of anilines is 2. The molecule has 0 unspecified atom stereocenters. The Morgan fingerprint density at radius 1 is 1.11 bits per heavy atom. The summed E-state index contributed by atoms with van der Waals surface area (Å²) in [5.41, 5.74) is 7.09. The lowest BCUT2D eigenvalue weighted by Gasteiger charge is -2.09. The summed E-state index contributed by atoms with van der Waals surface area (Å²) in [6.45, 7) is 0.200. The number of amides is 3. The molecule has 4 N–H and O–H groups in total. The monoisotopic (exact) mass is 416 g/mol. The summed E-state index contributed by atoms with van der Waals surface area (Å²) in [7, 11) is 0. The number of benzene rings is 2. The zero-order valence-corrected chi connectivity index (χ0v) is 16.2. The predicted octanol–water partition coefficient (Wildman–Crippen LogP) is 4.75. The summed E-state index contributed by atoms with van der Waals surface area (Å²) in [6.07, 6.45) is 1.48. The lowest BCUT2D eigenvalue weighted by Crippen LogP contribution is -2.19. The smallest absolute Gasteiger partial charge is 0.404 e. The number of carbonyl (C=O) groups is 2. The van der Waals surface area contributed by atoms with Crippen LogP contribution in [0.15, 0.2) is 54.7 Å².